The molecule has 0 saturated carbocycles. The Balaban J connectivity index is 2.40. The van der Waals surface area contributed by atoms with Gasteiger partial charge in [-0.3, -0.25) is 4.79 Å². The van der Waals surface area contributed by atoms with Crippen LogP contribution in [-0.4, -0.2) is 38.9 Å². The standard InChI is InChI=1S/C13H22N4OS/c1-3-4-12-15-7-10-17(12)9-6-13(18)16(2)8-5-11(14)19/h7,10H,3-6,8-9H2,1-2H3,(H2,14,19). The molecule has 1 aromatic heterocycles. The van der Waals surface area contributed by atoms with Crippen LogP contribution in [0.5, 0.6) is 0 Å². The molecule has 0 radical (unpaired) electrons. The second-order valence-electron chi connectivity index (χ2n) is 4.57. The minimum absolute atomic E-state index is 0.104. The third-order valence-corrected chi connectivity index (χ3v) is 3.17. The molecule has 0 spiro atoms. The highest BCUT2D eigenvalue weighted by Gasteiger charge is 2.10. The van der Waals surface area contributed by atoms with Crippen LogP contribution in [0, 0.1) is 0 Å². The Morgan fingerprint density at radius 3 is 2.89 bits per heavy atom. The fraction of sp³-hybridized carbons (Fsp3) is 0.615. The molecule has 19 heavy (non-hydrogen) atoms. The summed E-state index contributed by atoms with van der Waals surface area (Å²) >= 11 is 4.80. The Morgan fingerprint density at radius 1 is 1.53 bits per heavy atom. The van der Waals surface area contributed by atoms with Crippen LogP contribution in [0.3, 0.4) is 0 Å². The number of hydrogen-bond donors (Lipinski definition) is 1. The van der Waals surface area contributed by atoms with E-state index in [0.29, 0.717) is 30.9 Å². The number of carbonyl (C=O) groups is 1. The summed E-state index contributed by atoms with van der Waals surface area (Å²) in [6.45, 7) is 3.37. The first kappa shape index (κ1) is 15.6. The van der Waals surface area contributed by atoms with Gasteiger partial charge in [-0.15, -0.1) is 0 Å². The van der Waals surface area contributed by atoms with E-state index in [1.807, 2.05) is 10.8 Å². The Kier molecular flexibility index (Phi) is 6.49. The molecule has 2 N–H and O–H groups in total. The molecule has 0 aliphatic rings. The second-order valence-corrected chi connectivity index (χ2v) is 5.09. The summed E-state index contributed by atoms with van der Waals surface area (Å²) in [6.07, 6.45) is 6.75. The van der Waals surface area contributed by atoms with Crippen molar-refractivity contribution in [2.45, 2.75) is 39.2 Å². The number of imidazole rings is 1. The van der Waals surface area contributed by atoms with Gasteiger partial charge in [0.2, 0.25) is 5.91 Å². The summed E-state index contributed by atoms with van der Waals surface area (Å²) in [5.74, 6) is 1.15. The number of rotatable bonds is 8. The molecule has 0 aliphatic carbocycles. The highest BCUT2D eigenvalue weighted by molar-refractivity contribution is 7.80. The fourth-order valence-corrected chi connectivity index (χ4v) is 1.90. The predicted molar refractivity (Wildman–Crippen MR) is 79.9 cm³/mol. The number of amides is 1. The van der Waals surface area contributed by atoms with Crippen molar-refractivity contribution in [2.75, 3.05) is 13.6 Å². The SMILES string of the molecule is CCCc1nccn1CCC(=O)N(C)CCC(N)=S. The summed E-state index contributed by atoms with van der Waals surface area (Å²) in [7, 11) is 1.78. The van der Waals surface area contributed by atoms with Gasteiger partial charge in [0, 0.05) is 51.8 Å². The summed E-state index contributed by atoms with van der Waals surface area (Å²) in [6, 6.07) is 0. The van der Waals surface area contributed by atoms with Crippen molar-refractivity contribution in [3.05, 3.63) is 18.2 Å². The van der Waals surface area contributed by atoms with Crippen molar-refractivity contribution in [2.24, 2.45) is 5.73 Å². The van der Waals surface area contributed by atoms with E-state index >= 15 is 0 Å². The molecule has 0 fully saturated rings. The average Bonchev–Trinajstić information content (AvgIpc) is 2.81. The average molecular weight is 282 g/mol. The lowest BCUT2D eigenvalue weighted by atomic mass is 10.3. The summed E-state index contributed by atoms with van der Waals surface area (Å²) in [5.41, 5.74) is 5.43. The molecule has 106 valence electrons. The number of aryl methyl sites for hydroxylation is 2. The van der Waals surface area contributed by atoms with Crippen LogP contribution < -0.4 is 5.73 Å². The summed E-state index contributed by atoms with van der Waals surface area (Å²) in [4.78, 5) is 18.3. The van der Waals surface area contributed by atoms with Gasteiger partial charge in [0.15, 0.2) is 0 Å². The van der Waals surface area contributed by atoms with Crippen molar-refractivity contribution in [1.29, 1.82) is 0 Å². The largest absolute Gasteiger partial charge is 0.393 e. The van der Waals surface area contributed by atoms with Gasteiger partial charge in [-0.25, -0.2) is 4.98 Å². The van der Waals surface area contributed by atoms with E-state index in [9.17, 15) is 4.79 Å². The van der Waals surface area contributed by atoms with Crippen LogP contribution >= 0.6 is 12.2 Å². The number of nitrogens with two attached hydrogens (primary N) is 1. The van der Waals surface area contributed by atoms with Crippen LogP contribution in [0.2, 0.25) is 0 Å². The maximum absolute atomic E-state index is 11.9. The van der Waals surface area contributed by atoms with E-state index in [1.54, 1.807) is 18.1 Å². The predicted octanol–water partition coefficient (Wildman–Crippen LogP) is 1.36. The molecule has 0 aliphatic heterocycles. The van der Waals surface area contributed by atoms with Crippen LogP contribution in [0.1, 0.15) is 32.0 Å². The van der Waals surface area contributed by atoms with Crippen molar-refractivity contribution in [1.82, 2.24) is 14.5 Å². The van der Waals surface area contributed by atoms with Gasteiger partial charge in [0.25, 0.3) is 0 Å². The van der Waals surface area contributed by atoms with Gasteiger partial charge >= 0.3 is 0 Å². The highest BCUT2D eigenvalue weighted by Crippen LogP contribution is 2.04. The lowest BCUT2D eigenvalue weighted by Crippen LogP contribution is -2.30. The van der Waals surface area contributed by atoms with Crippen molar-refractivity contribution >= 4 is 23.1 Å². The first-order chi connectivity index (χ1) is 9.04. The zero-order chi connectivity index (χ0) is 14.3. The smallest absolute Gasteiger partial charge is 0.224 e. The lowest BCUT2D eigenvalue weighted by Gasteiger charge is -2.17. The van der Waals surface area contributed by atoms with Gasteiger partial charge < -0.3 is 15.2 Å². The quantitative estimate of drug-likeness (QED) is 0.731. The summed E-state index contributed by atoms with van der Waals surface area (Å²) < 4.78 is 2.04. The van der Waals surface area contributed by atoms with Gasteiger partial charge in [-0.2, -0.15) is 0 Å². The monoisotopic (exact) mass is 282 g/mol. The van der Waals surface area contributed by atoms with Crippen LogP contribution in [0.4, 0.5) is 0 Å². The van der Waals surface area contributed by atoms with Gasteiger partial charge in [-0.05, 0) is 6.42 Å². The zero-order valence-electron chi connectivity index (χ0n) is 11.6. The second kappa shape index (κ2) is 7.89. The van der Waals surface area contributed by atoms with E-state index in [-0.39, 0.29) is 5.91 Å². The van der Waals surface area contributed by atoms with Crippen LogP contribution in [-0.2, 0) is 17.8 Å². The summed E-state index contributed by atoms with van der Waals surface area (Å²) in [5, 5.41) is 0. The molecular formula is C13H22N4OS. The molecule has 0 aromatic carbocycles. The maximum Gasteiger partial charge on any atom is 0.224 e. The number of aromatic nitrogens is 2. The maximum atomic E-state index is 11.9. The van der Waals surface area contributed by atoms with E-state index in [0.717, 1.165) is 18.7 Å². The minimum Gasteiger partial charge on any atom is -0.393 e. The Labute approximate surface area is 119 Å². The van der Waals surface area contributed by atoms with Crippen molar-refractivity contribution in [3.63, 3.8) is 0 Å². The Bertz CT molecular complexity index is 430. The third-order valence-electron chi connectivity index (χ3n) is 2.96. The minimum atomic E-state index is 0.104. The molecule has 1 aromatic rings. The molecule has 1 amide bonds. The molecule has 0 atom stereocenters. The molecule has 1 rings (SSSR count). The molecule has 0 bridgehead atoms. The molecule has 0 saturated heterocycles. The first-order valence-corrected chi connectivity index (χ1v) is 6.97. The number of nitrogens with zero attached hydrogens (tertiary/aromatic N) is 3. The first-order valence-electron chi connectivity index (χ1n) is 6.56. The van der Waals surface area contributed by atoms with Crippen LogP contribution in [0.25, 0.3) is 0 Å². The Morgan fingerprint density at radius 2 is 2.26 bits per heavy atom. The Hall–Kier alpha value is -1.43. The van der Waals surface area contributed by atoms with Gasteiger partial charge in [0.1, 0.15) is 5.82 Å². The lowest BCUT2D eigenvalue weighted by molar-refractivity contribution is -0.130. The van der Waals surface area contributed by atoms with Crippen LogP contribution in [0.15, 0.2) is 12.4 Å². The topological polar surface area (TPSA) is 64.2 Å². The number of thiocarbonyl (C=S) groups is 1. The van der Waals surface area contributed by atoms with Crippen molar-refractivity contribution < 1.29 is 4.79 Å². The van der Waals surface area contributed by atoms with Gasteiger partial charge in [0.05, 0.1) is 4.99 Å². The van der Waals surface area contributed by atoms with Gasteiger partial charge in [-0.1, -0.05) is 19.1 Å². The van der Waals surface area contributed by atoms with E-state index in [1.165, 1.54) is 0 Å². The molecule has 1 heterocycles. The van der Waals surface area contributed by atoms with Crippen molar-refractivity contribution in [3.8, 4) is 0 Å². The number of hydrogen-bond acceptors (Lipinski definition) is 3. The zero-order valence-corrected chi connectivity index (χ0v) is 12.4. The van der Waals surface area contributed by atoms with E-state index < -0.39 is 0 Å². The highest BCUT2D eigenvalue weighted by atomic mass is 32.1. The molecule has 0 unspecified atom stereocenters. The number of carbonyl (C=O) groups excluding carboxylic acids is 1. The molecular weight excluding hydrogens is 260 g/mol. The van der Waals surface area contributed by atoms with E-state index in [4.69, 9.17) is 18.0 Å². The molecule has 5 nitrogen and oxygen atoms in total. The fourth-order valence-electron chi connectivity index (χ4n) is 1.80. The molecule has 6 heteroatoms. The third kappa shape index (κ3) is 5.38. The normalized spacial score (nSPS) is 10.4. The van der Waals surface area contributed by atoms with E-state index in [2.05, 4.69) is 11.9 Å².